The first-order valence-corrected chi connectivity index (χ1v) is 3.14. The second-order valence-electron chi connectivity index (χ2n) is 2.21. The first-order chi connectivity index (χ1) is 4.47. The highest BCUT2D eigenvalue weighted by Gasteiger charge is 2.09. The Balaban J connectivity index is 2.39. The maximum Gasteiger partial charge on any atom is 0.110 e. The summed E-state index contributed by atoms with van der Waals surface area (Å²) in [5.74, 6) is 1.11. The molecular weight excluding hydrogens is 114 g/mol. The summed E-state index contributed by atoms with van der Waals surface area (Å²) in [6.07, 6.45) is 2.65. The molecule has 1 aliphatic heterocycles. The van der Waals surface area contributed by atoms with E-state index in [-0.39, 0.29) is 0 Å². The summed E-state index contributed by atoms with van der Waals surface area (Å²) < 4.78 is 5.16. The molecule has 0 fully saturated rings. The largest absolute Gasteiger partial charge is 0.468 e. The van der Waals surface area contributed by atoms with Crippen LogP contribution in [0.15, 0.2) is 10.7 Å². The molecule has 47 valence electrons. The molecular formula is C7H8NO. The zero-order chi connectivity index (χ0) is 6.10. The quantitative estimate of drug-likeness (QED) is 0.548. The fourth-order valence-corrected chi connectivity index (χ4v) is 1.10. The van der Waals surface area contributed by atoms with Gasteiger partial charge >= 0.3 is 0 Å². The van der Waals surface area contributed by atoms with E-state index in [2.05, 4.69) is 11.4 Å². The van der Waals surface area contributed by atoms with E-state index in [1.165, 1.54) is 5.56 Å². The third-order valence-corrected chi connectivity index (χ3v) is 1.60. The molecule has 9 heavy (non-hydrogen) atoms. The summed E-state index contributed by atoms with van der Waals surface area (Å²) in [7, 11) is 0. The van der Waals surface area contributed by atoms with Gasteiger partial charge < -0.3 is 9.73 Å². The minimum Gasteiger partial charge on any atom is -0.468 e. The molecule has 2 heteroatoms. The Morgan fingerprint density at radius 2 is 2.67 bits per heavy atom. The van der Waals surface area contributed by atoms with Crippen molar-refractivity contribution in [2.75, 3.05) is 6.54 Å². The highest BCUT2D eigenvalue weighted by molar-refractivity contribution is 5.17. The molecule has 0 aliphatic carbocycles. The van der Waals surface area contributed by atoms with Gasteiger partial charge in [-0.15, -0.1) is 0 Å². The van der Waals surface area contributed by atoms with E-state index in [9.17, 15) is 0 Å². The Labute approximate surface area is 53.9 Å². The van der Waals surface area contributed by atoms with E-state index in [1.54, 1.807) is 6.26 Å². The van der Waals surface area contributed by atoms with Crippen molar-refractivity contribution >= 4 is 0 Å². The lowest BCUT2D eigenvalue weighted by atomic mass is 10.1. The third-order valence-electron chi connectivity index (χ3n) is 1.60. The van der Waals surface area contributed by atoms with Gasteiger partial charge in [-0.05, 0) is 0 Å². The van der Waals surface area contributed by atoms with Crippen LogP contribution in [0.2, 0.25) is 0 Å². The van der Waals surface area contributed by atoms with Gasteiger partial charge in [-0.3, -0.25) is 0 Å². The van der Waals surface area contributed by atoms with Crippen molar-refractivity contribution in [3.05, 3.63) is 23.7 Å². The molecule has 0 bridgehead atoms. The molecule has 0 saturated heterocycles. The van der Waals surface area contributed by atoms with Crippen molar-refractivity contribution in [3.63, 3.8) is 0 Å². The molecule has 0 unspecified atom stereocenters. The van der Waals surface area contributed by atoms with Crippen LogP contribution in [0, 0.1) is 6.07 Å². The number of rotatable bonds is 0. The van der Waals surface area contributed by atoms with Gasteiger partial charge in [-0.1, -0.05) is 0 Å². The smallest absolute Gasteiger partial charge is 0.110 e. The predicted molar refractivity (Wildman–Crippen MR) is 33.0 cm³/mol. The molecule has 0 aromatic carbocycles. The Morgan fingerprint density at radius 1 is 1.67 bits per heavy atom. The van der Waals surface area contributed by atoms with Gasteiger partial charge in [-0.25, -0.2) is 0 Å². The summed E-state index contributed by atoms with van der Waals surface area (Å²) in [5, 5.41) is 3.24. The van der Waals surface area contributed by atoms with E-state index in [0.29, 0.717) is 0 Å². The van der Waals surface area contributed by atoms with Crippen molar-refractivity contribution in [2.45, 2.75) is 13.0 Å². The van der Waals surface area contributed by atoms with Gasteiger partial charge in [0, 0.05) is 31.1 Å². The normalized spacial score (nSPS) is 17.3. The number of hydrogen-bond donors (Lipinski definition) is 1. The standard InChI is InChI=1S/C7H8NO/c1-3-8-5-6-2-4-9-7(1)6/h4,8H,1,3,5H2. The van der Waals surface area contributed by atoms with E-state index < -0.39 is 0 Å². The number of fused-ring (bicyclic) bond motifs is 1. The van der Waals surface area contributed by atoms with Gasteiger partial charge in [-0.2, -0.15) is 0 Å². The molecule has 2 rings (SSSR count). The lowest BCUT2D eigenvalue weighted by Crippen LogP contribution is -2.22. The fraction of sp³-hybridized carbons (Fsp3) is 0.429. The Kier molecular flexibility index (Phi) is 1.06. The minimum atomic E-state index is 0.922. The van der Waals surface area contributed by atoms with E-state index in [4.69, 9.17) is 4.42 Å². The molecule has 1 aromatic heterocycles. The molecule has 2 heterocycles. The van der Waals surface area contributed by atoms with Crippen LogP contribution in [0.5, 0.6) is 0 Å². The lowest BCUT2D eigenvalue weighted by molar-refractivity contribution is 0.474. The second-order valence-corrected chi connectivity index (χ2v) is 2.21. The van der Waals surface area contributed by atoms with Crippen molar-refractivity contribution in [1.82, 2.24) is 5.32 Å². The molecule has 0 saturated carbocycles. The van der Waals surface area contributed by atoms with Crippen molar-refractivity contribution in [2.24, 2.45) is 0 Å². The molecule has 2 nitrogen and oxygen atoms in total. The molecule has 1 radical (unpaired) electrons. The molecule has 0 atom stereocenters. The van der Waals surface area contributed by atoms with Crippen LogP contribution in [0.4, 0.5) is 0 Å². The lowest BCUT2D eigenvalue weighted by Gasteiger charge is -2.09. The second kappa shape index (κ2) is 1.88. The van der Waals surface area contributed by atoms with Crippen LogP contribution in [0.3, 0.4) is 0 Å². The Morgan fingerprint density at radius 3 is 3.56 bits per heavy atom. The average Bonchev–Trinajstić information content (AvgIpc) is 2.33. The van der Waals surface area contributed by atoms with Crippen LogP contribution in [0.1, 0.15) is 11.3 Å². The van der Waals surface area contributed by atoms with Crippen molar-refractivity contribution in [1.29, 1.82) is 0 Å². The van der Waals surface area contributed by atoms with Gasteiger partial charge in [0.05, 0.1) is 6.26 Å². The molecule has 0 amide bonds. The topological polar surface area (TPSA) is 25.2 Å². The monoisotopic (exact) mass is 122 g/mol. The Bertz CT molecular complexity index is 184. The summed E-state index contributed by atoms with van der Waals surface area (Å²) in [4.78, 5) is 0. The van der Waals surface area contributed by atoms with Gasteiger partial charge in [0.15, 0.2) is 0 Å². The van der Waals surface area contributed by atoms with Crippen molar-refractivity contribution < 1.29 is 4.42 Å². The van der Waals surface area contributed by atoms with Gasteiger partial charge in [0.1, 0.15) is 5.76 Å². The fourth-order valence-electron chi connectivity index (χ4n) is 1.10. The Hall–Kier alpha value is -0.760. The van der Waals surface area contributed by atoms with Crippen LogP contribution in [-0.2, 0) is 13.0 Å². The van der Waals surface area contributed by atoms with Crippen LogP contribution in [0.25, 0.3) is 0 Å². The zero-order valence-corrected chi connectivity index (χ0v) is 5.11. The summed E-state index contributed by atoms with van der Waals surface area (Å²) in [5.41, 5.74) is 1.20. The molecule has 1 N–H and O–H groups in total. The van der Waals surface area contributed by atoms with Crippen LogP contribution < -0.4 is 5.32 Å². The zero-order valence-electron chi connectivity index (χ0n) is 5.11. The number of hydrogen-bond acceptors (Lipinski definition) is 2. The maximum atomic E-state index is 5.16. The molecule has 1 aromatic rings. The van der Waals surface area contributed by atoms with Gasteiger partial charge in [0.25, 0.3) is 0 Å². The first-order valence-electron chi connectivity index (χ1n) is 3.14. The summed E-state index contributed by atoms with van der Waals surface area (Å²) >= 11 is 0. The van der Waals surface area contributed by atoms with Gasteiger partial charge in [0.2, 0.25) is 0 Å². The highest BCUT2D eigenvalue weighted by Crippen LogP contribution is 2.12. The predicted octanol–water partition coefficient (Wildman–Crippen LogP) is 0.725. The van der Waals surface area contributed by atoms with E-state index in [0.717, 1.165) is 25.3 Å². The molecule has 0 spiro atoms. The van der Waals surface area contributed by atoms with E-state index in [1.807, 2.05) is 0 Å². The average molecular weight is 122 g/mol. The highest BCUT2D eigenvalue weighted by atomic mass is 16.3. The summed E-state index contributed by atoms with van der Waals surface area (Å²) in [6.45, 7) is 1.96. The van der Waals surface area contributed by atoms with E-state index >= 15 is 0 Å². The maximum absolute atomic E-state index is 5.16. The van der Waals surface area contributed by atoms with Crippen LogP contribution in [-0.4, -0.2) is 6.54 Å². The van der Waals surface area contributed by atoms with Crippen LogP contribution >= 0.6 is 0 Å². The number of nitrogens with one attached hydrogen (secondary N) is 1. The number of furan rings is 1. The molecule has 1 aliphatic rings. The van der Waals surface area contributed by atoms with Crippen molar-refractivity contribution in [3.8, 4) is 0 Å². The minimum absolute atomic E-state index is 0.922. The first kappa shape index (κ1) is 5.06. The SMILES string of the molecule is [c]1coc2c1CNCC2. The third kappa shape index (κ3) is 0.754. The summed E-state index contributed by atoms with van der Waals surface area (Å²) in [6, 6.07) is 3.03.